The number of ether oxygens (including phenoxy) is 1. The van der Waals surface area contributed by atoms with Crippen molar-refractivity contribution in [1.29, 1.82) is 0 Å². The summed E-state index contributed by atoms with van der Waals surface area (Å²) in [5.74, 6) is -1.63. The van der Waals surface area contributed by atoms with E-state index in [-0.39, 0.29) is 5.56 Å². The SMILES string of the molecule is COC(=O)[C@H]1CCCCN1C(=O)c1ccncc1F. The smallest absolute Gasteiger partial charge is 0.328 e. The first-order valence-corrected chi connectivity index (χ1v) is 6.13. The van der Waals surface area contributed by atoms with Crippen LogP contribution in [0.1, 0.15) is 29.6 Å². The minimum atomic E-state index is -0.679. The second kappa shape index (κ2) is 5.77. The number of pyridine rings is 1. The molecule has 1 amide bonds. The van der Waals surface area contributed by atoms with E-state index in [4.69, 9.17) is 4.74 Å². The van der Waals surface area contributed by atoms with Crippen LogP contribution in [0.25, 0.3) is 0 Å². The van der Waals surface area contributed by atoms with E-state index in [1.165, 1.54) is 24.3 Å². The number of piperidine rings is 1. The van der Waals surface area contributed by atoms with Crippen molar-refractivity contribution in [2.45, 2.75) is 25.3 Å². The summed E-state index contributed by atoms with van der Waals surface area (Å²) in [7, 11) is 1.28. The van der Waals surface area contributed by atoms with E-state index in [2.05, 4.69) is 4.98 Å². The van der Waals surface area contributed by atoms with Crippen molar-refractivity contribution in [2.75, 3.05) is 13.7 Å². The average molecular weight is 266 g/mol. The van der Waals surface area contributed by atoms with Gasteiger partial charge in [0.1, 0.15) is 6.04 Å². The van der Waals surface area contributed by atoms with Crippen LogP contribution in [0.4, 0.5) is 4.39 Å². The first kappa shape index (κ1) is 13.5. The number of hydrogen-bond acceptors (Lipinski definition) is 4. The number of likely N-dealkylation sites (tertiary alicyclic amines) is 1. The zero-order chi connectivity index (χ0) is 13.8. The Morgan fingerprint density at radius 1 is 1.47 bits per heavy atom. The minimum Gasteiger partial charge on any atom is -0.467 e. The third kappa shape index (κ3) is 2.72. The molecule has 0 bridgehead atoms. The maximum Gasteiger partial charge on any atom is 0.328 e. The molecule has 5 nitrogen and oxygen atoms in total. The van der Waals surface area contributed by atoms with Crippen LogP contribution in [0.5, 0.6) is 0 Å². The number of aromatic nitrogens is 1. The van der Waals surface area contributed by atoms with E-state index in [1.54, 1.807) is 0 Å². The van der Waals surface area contributed by atoms with Gasteiger partial charge in [-0.2, -0.15) is 0 Å². The maximum absolute atomic E-state index is 13.6. The standard InChI is InChI=1S/C13H15FN2O3/c1-19-13(18)11-4-2-3-7-16(11)12(17)9-5-6-15-8-10(9)14/h5-6,8,11H,2-4,7H2,1H3/t11-/m1/s1. The van der Waals surface area contributed by atoms with Crippen LogP contribution in [0.3, 0.4) is 0 Å². The molecule has 1 saturated heterocycles. The lowest BCUT2D eigenvalue weighted by molar-refractivity contribution is -0.147. The molecule has 0 aromatic carbocycles. The molecule has 102 valence electrons. The van der Waals surface area contributed by atoms with Crippen molar-refractivity contribution < 1.29 is 18.7 Å². The van der Waals surface area contributed by atoms with Crippen molar-refractivity contribution in [3.8, 4) is 0 Å². The van der Waals surface area contributed by atoms with Gasteiger partial charge in [0.05, 0.1) is 18.9 Å². The van der Waals surface area contributed by atoms with Gasteiger partial charge in [0.15, 0.2) is 5.82 Å². The zero-order valence-corrected chi connectivity index (χ0v) is 10.6. The van der Waals surface area contributed by atoms with Gasteiger partial charge in [0.2, 0.25) is 0 Å². The zero-order valence-electron chi connectivity index (χ0n) is 10.6. The Morgan fingerprint density at radius 3 is 2.95 bits per heavy atom. The number of methoxy groups -OCH3 is 1. The van der Waals surface area contributed by atoms with E-state index < -0.39 is 23.7 Å². The number of hydrogen-bond donors (Lipinski definition) is 0. The molecule has 6 heteroatoms. The highest BCUT2D eigenvalue weighted by Gasteiger charge is 2.34. The fourth-order valence-corrected chi connectivity index (χ4v) is 2.26. The lowest BCUT2D eigenvalue weighted by Crippen LogP contribution is -2.48. The van der Waals surface area contributed by atoms with E-state index >= 15 is 0 Å². The van der Waals surface area contributed by atoms with Crippen molar-refractivity contribution in [3.05, 3.63) is 29.8 Å². The third-order valence-corrected chi connectivity index (χ3v) is 3.24. The molecule has 0 N–H and O–H groups in total. The Hall–Kier alpha value is -1.98. The average Bonchev–Trinajstić information content (AvgIpc) is 2.46. The van der Waals surface area contributed by atoms with Gasteiger partial charge in [-0.3, -0.25) is 9.78 Å². The summed E-state index contributed by atoms with van der Waals surface area (Å²) in [6.07, 6.45) is 4.54. The molecular formula is C13H15FN2O3. The topological polar surface area (TPSA) is 59.5 Å². The molecule has 2 heterocycles. The predicted octanol–water partition coefficient (Wildman–Crippen LogP) is 1.39. The highest BCUT2D eigenvalue weighted by molar-refractivity contribution is 5.97. The number of amides is 1. The molecule has 0 saturated carbocycles. The number of nitrogens with zero attached hydrogens (tertiary/aromatic N) is 2. The van der Waals surface area contributed by atoms with Crippen LogP contribution in [-0.4, -0.2) is 41.5 Å². The van der Waals surface area contributed by atoms with Gasteiger partial charge in [-0.15, -0.1) is 0 Å². The summed E-state index contributed by atoms with van der Waals surface area (Å²) in [6, 6.07) is 0.694. The Morgan fingerprint density at radius 2 is 2.26 bits per heavy atom. The van der Waals surface area contributed by atoms with Crippen molar-refractivity contribution in [2.24, 2.45) is 0 Å². The molecule has 1 aliphatic heterocycles. The molecule has 0 aliphatic carbocycles. The summed E-state index contributed by atoms with van der Waals surface area (Å²) in [6.45, 7) is 0.431. The maximum atomic E-state index is 13.6. The molecule has 19 heavy (non-hydrogen) atoms. The highest BCUT2D eigenvalue weighted by atomic mass is 19.1. The van der Waals surface area contributed by atoms with Gasteiger partial charge in [0.25, 0.3) is 5.91 Å². The predicted molar refractivity (Wildman–Crippen MR) is 64.9 cm³/mol. The molecule has 1 fully saturated rings. The van der Waals surface area contributed by atoms with Crippen LogP contribution in [-0.2, 0) is 9.53 Å². The Bertz CT molecular complexity index is 493. The third-order valence-electron chi connectivity index (χ3n) is 3.24. The van der Waals surface area contributed by atoms with Crippen molar-refractivity contribution in [1.82, 2.24) is 9.88 Å². The fraction of sp³-hybridized carbons (Fsp3) is 0.462. The lowest BCUT2D eigenvalue weighted by atomic mass is 10.0. The monoisotopic (exact) mass is 266 g/mol. The summed E-state index contributed by atoms with van der Waals surface area (Å²) >= 11 is 0. The Balaban J connectivity index is 2.25. The van der Waals surface area contributed by atoms with E-state index in [1.807, 2.05) is 0 Å². The molecule has 1 aliphatic rings. The summed E-state index contributed by atoms with van der Waals surface area (Å²) in [4.78, 5) is 29.0. The van der Waals surface area contributed by atoms with Gasteiger partial charge in [-0.05, 0) is 25.3 Å². The van der Waals surface area contributed by atoms with Crippen molar-refractivity contribution >= 4 is 11.9 Å². The van der Waals surface area contributed by atoms with Gasteiger partial charge >= 0.3 is 5.97 Å². The molecule has 1 aromatic rings. The highest BCUT2D eigenvalue weighted by Crippen LogP contribution is 2.21. The van der Waals surface area contributed by atoms with Gasteiger partial charge in [-0.1, -0.05) is 0 Å². The Kier molecular flexibility index (Phi) is 4.09. The number of rotatable bonds is 2. The second-order valence-corrected chi connectivity index (χ2v) is 4.39. The first-order valence-electron chi connectivity index (χ1n) is 6.13. The van der Waals surface area contributed by atoms with Crippen LogP contribution >= 0.6 is 0 Å². The Labute approximate surface area is 110 Å². The van der Waals surface area contributed by atoms with Gasteiger partial charge in [-0.25, -0.2) is 9.18 Å². The molecule has 0 spiro atoms. The van der Waals surface area contributed by atoms with Crippen LogP contribution in [0.15, 0.2) is 18.5 Å². The van der Waals surface area contributed by atoms with Crippen molar-refractivity contribution in [3.63, 3.8) is 0 Å². The van der Waals surface area contributed by atoms with Crippen LogP contribution < -0.4 is 0 Å². The summed E-state index contributed by atoms with van der Waals surface area (Å²) in [5.41, 5.74) is -0.0641. The summed E-state index contributed by atoms with van der Waals surface area (Å²) < 4.78 is 18.3. The normalized spacial score (nSPS) is 19.1. The molecule has 2 rings (SSSR count). The molecule has 1 aromatic heterocycles. The number of carbonyl (C=O) groups is 2. The van der Waals surface area contributed by atoms with E-state index in [0.29, 0.717) is 13.0 Å². The van der Waals surface area contributed by atoms with Crippen LogP contribution in [0, 0.1) is 5.82 Å². The number of carbonyl (C=O) groups excluding carboxylic acids is 2. The molecule has 1 atom stereocenters. The number of halogens is 1. The van der Waals surface area contributed by atoms with E-state index in [0.717, 1.165) is 19.0 Å². The lowest BCUT2D eigenvalue weighted by Gasteiger charge is -2.33. The van der Waals surface area contributed by atoms with Gasteiger partial charge in [0, 0.05) is 12.7 Å². The van der Waals surface area contributed by atoms with E-state index in [9.17, 15) is 14.0 Å². The van der Waals surface area contributed by atoms with Gasteiger partial charge < -0.3 is 9.64 Å². The fourth-order valence-electron chi connectivity index (χ4n) is 2.26. The number of esters is 1. The molecule has 0 radical (unpaired) electrons. The quantitative estimate of drug-likeness (QED) is 0.759. The first-order chi connectivity index (χ1) is 9.15. The largest absolute Gasteiger partial charge is 0.467 e. The molecule has 0 unspecified atom stereocenters. The second-order valence-electron chi connectivity index (χ2n) is 4.39. The molecular weight excluding hydrogens is 251 g/mol. The van der Waals surface area contributed by atoms with Crippen LogP contribution in [0.2, 0.25) is 0 Å². The minimum absolute atomic E-state index is 0.0641. The summed E-state index contributed by atoms with van der Waals surface area (Å²) in [5, 5.41) is 0.